The first kappa shape index (κ1) is 16.2. The number of sulfonamides is 1. The van der Waals surface area contributed by atoms with E-state index in [1.54, 1.807) is 19.1 Å². The number of anilines is 1. The molecule has 0 bridgehead atoms. The zero-order valence-corrected chi connectivity index (χ0v) is 13.9. The van der Waals surface area contributed by atoms with Crippen LogP contribution in [0.2, 0.25) is 0 Å². The molecule has 8 heteroatoms. The van der Waals surface area contributed by atoms with E-state index in [9.17, 15) is 18.3 Å². The third-order valence-corrected chi connectivity index (χ3v) is 6.62. The van der Waals surface area contributed by atoms with Crippen LogP contribution < -0.4 is 4.90 Å². The summed E-state index contributed by atoms with van der Waals surface area (Å²) in [7, 11) is -3.46. The standard InChI is InChI=1S/C15H21N3O4S/c1-15(14(19)20)6-9-17(11-15)13-5-4-12(10-16-13)23(21,22)18-7-2-3-8-18/h4-5,10H,2-3,6-9,11H2,1H3,(H,19,20). The van der Waals surface area contributed by atoms with Gasteiger partial charge in [0.05, 0.1) is 5.41 Å². The summed E-state index contributed by atoms with van der Waals surface area (Å²) < 4.78 is 26.4. The second kappa shape index (κ2) is 5.76. The Morgan fingerprint density at radius 1 is 1.26 bits per heavy atom. The average Bonchev–Trinajstić information content (AvgIpc) is 3.18. The van der Waals surface area contributed by atoms with Crippen molar-refractivity contribution < 1.29 is 18.3 Å². The van der Waals surface area contributed by atoms with Crippen molar-refractivity contribution >= 4 is 21.8 Å². The van der Waals surface area contributed by atoms with Gasteiger partial charge in [0.15, 0.2) is 0 Å². The normalized spacial score (nSPS) is 25.9. The Kier molecular flexibility index (Phi) is 4.05. The van der Waals surface area contributed by atoms with Crippen molar-refractivity contribution in [1.82, 2.24) is 9.29 Å². The minimum absolute atomic E-state index is 0.198. The average molecular weight is 339 g/mol. The van der Waals surface area contributed by atoms with Gasteiger partial charge in [-0.15, -0.1) is 0 Å². The molecule has 3 rings (SSSR count). The van der Waals surface area contributed by atoms with Crippen molar-refractivity contribution in [3.63, 3.8) is 0 Å². The summed E-state index contributed by atoms with van der Waals surface area (Å²) in [4.78, 5) is 17.6. The summed E-state index contributed by atoms with van der Waals surface area (Å²) in [5.74, 6) is -0.191. The molecule has 1 aromatic rings. The minimum atomic E-state index is -3.46. The molecule has 0 amide bonds. The maximum Gasteiger partial charge on any atom is 0.311 e. The van der Waals surface area contributed by atoms with E-state index in [-0.39, 0.29) is 4.90 Å². The summed E-state index contributed by atoms with van der Waals surface area (Å²) in [6, 6.07) is 3.23. The van der Waals surface area contributed by atoms with Crippen LogP contribution in [0.25, 0.3) is 0 Å². The summed E-state index contributed by atoms with van der Waals surface area (Å²) in [6.45, 7) is 3.84. The topological polar surface area (TPSA) is 90.8 Å². The van der Waals surface area contributed by atoms with E-state index in [0.29, 0.717) is 38.4 Å². The Hall–Kier alpha value is -1.67. The zero-order chi connectivity index (χ0) is 16.7. The van der Waals surface area contributed by atoms with Gasteiger partial charge in [0.2, 0.25) is 10.0 Å². The van der Waals surface area contributed by atoms with Crippen LogP contribution in [0.3, 0.4) is 0 Å². The van der Waals surface area contributed by atoms with Crippen LogP contribution in [0.1, 0.15) is 26.2 Å². The highest BCUT2D eigenvalue weighted by Crippen LogP contribution is 2.33. The highest BCUT2D eigenvalue weighted by Gasteiger charge is 2.41. The van der Waals surface area contributed by atoms with Gasteiger partial charge in [-0.1, -0.05) is 0 Å². The zero-order valence-electron chi connectivity index (χ0n) is 13.1. The largest absolute Gasteiger partial charge is 0.481 e. The lowest BCUT2D eigenvalue weighted by Crippen LogP contribution is -2.32. The Bertz CT molecular complexity index is 698. The Morgan fingerprint density at radius 3 is 2.48 bits per heavy atom. The van der Waals surface area contributed by atoms with Crippen LogP contribution in [0.5, 0.6) is 0 Å². The van der Waals surface area contributed by atoms with Gasteiger partial charge in [0.1, 0.15) is 10.7 Å². The van der Waals surface area contributed by atoms with Crippen LogP contribution in [0, 0.1) is 5.41 Å². The van der Waals surface area contributed by atoms with Gasteiger partial charge in [-0.2, -0.15) is 4.31 Å². The van der Waals surface area contributed by atoms with E-state index in [1.165, 1.54) is 10.5 Å². The molecule has 23 heavy (non-hydrogen) atoms. The van der Waals surface area contributed by atoms with Crippen LogP contribution in [0.15, 0.2) is 23.2 Å². The Morgan fingerprint density at radius 2 is 1.96 bits per heavy atom. The maximum absolute atomic E-state index is 12.5. The van der Waals surface area contributed by atoms with Crippen LogP contribution in [0.4, 0.5) is 5.82 Å². The summed E-state index contributed by atoms with van der Waals surface area (Å²) in [5.41, 5.74) is -0.776. The quantitative estimate of drug-likeness (QED) is 0.885. The Balaban J connectivity index is 1.77. The van der Waals surface area contributed by atoms with E-state index < -0.39 is 21.4 Å². The first-order valence-electron chi connectivity index (χ1n) is 7.77. The SMILES string of the molecule is CC1(C(=O)O)CCN(c2ccc(S(=O)(=O)N3CCCC3)cn2)C1. The predicted molar refractivity (Wildman–Crippen MR) is 84.8 cm³/mol. The molecule has 2 aliphatic heterocycles. The van der Waals surface area contributed by atoms with Gasteiger partial charge in [-0.05, 0) is 38.3 Å². The van der Waals surface area contributed by atoms with Gasteiger partial charge in [0, 0.05) is 32.4 Å². The van der Waals surface area contributed by atoms with Gasteiger partial charge < -0.3 is 10.0 Å². The molecule has 2 saturated heterocycles. The molecule has 2 fully saturated rings. The first-order chi connectivity index (χ1) is 10.8. The monoisotopic (exact) mass is 339 g/mol. The summed E-state index contributed by atoms with van der Waals surface area (Å²) >= 11 is 0. The predicted octanol–water partition coefficient (Wildman–Crippen LogP) is 1.17. The van der Waals surface area contributed by atoms with Crippen molar-refractivity contribution in [2.24, 2.45) is 5.41 Å². The molecular formula is C15H21N3O4S. The van der Waals surface area contributed by atoms with Crippen LogP contribution >= 0.6 is 0 Å². The van der Waals surface area contributed by atoms with Crippen LogP contribution in [-0.4, -0.2) is 55.0 Å². The molecule has 2 aliphatic rings. The number of carboxylic acid groups (broad SMARTS) is 1. The molecule has 0 radical (unpaired) electrons. The van der Waals surface area contributed by atoms with Crippen molar-refractivity contribution in [3.8, 4) is 0 Å². The molecular weight excluding hydrogens is 318 g/mol. The fourth-order valence-electron chi connectivity index (χ4n) is 3.12. The van der Waals surface area contributed by atoms with E-state index >= 15 is 0 Å². The van der Waals surface area contributed by atoms with E-state index in [0.717, 1.165) is 12.8 Å². The number of carbonyl (C=O) groups is 1. The highest BCUT2D eigenvalue weighted by molar-refractivity contribution is 7.89. The third kappa shape index (κ3) is 2.92. The molecule has 3 heterocycles. The van der Waals surface area contributed by atoms with Crippen molar-refractivity contribution in [2.75, 3.05) is 31.1 Å². The number of hydrogen-bond donors (Lipinski definition) is 1. The highest BCUT2D eigenvalue weighted by atomic mass is 32.2. The molecule has 1 N–H and O–H groups in total. The number of aliphatic carboxylic acids is 1. The third-order valence-electron chi connectivity index (χ3n) is 4.74. The molecule has 1 atom stereocenters. The molecule has 0 aromatic carbocycles. The minimum Gasteiger partial charge on any atom is -0.481 e. The second-order valence-electron chi connectivity index (χ2n) is 6.50. The van der Waals surface area contributed by atoms with Gasteiger partial charge >= 0.3 is 5.97 Å². The van der Waals surface area contributed by atoms with Crippen molar-refractivity contribution in [1.29, 1.82) is 0 Å². The molecule has 0 saturated carbocycles. The lowest BCUT2D eigenvalue weighted by Gasteiger charge is -2.21. The number of rotatable bonds is 4. The molecule has 1 unspecified atom stereocenters. The first-order valence-corrected chi connectivity index (χ1v) is 9.21. The van der Waals surface area contributed by atoms with Crippen molar-refractivity contribution in [3.05, 3.63) is 18.3 Å². The van der Waals surface area contributed by atoms with Crippen LogP contribution in [-0.2, 0) is 14.8 Å². The Labute approximate surface area is 136 Å². The molecule has 0 aliphatic carbocycles. The maximum atomic E-state index is 12.5. The lowest BCUT2D eigenvalue weighted by atomic mass is 9.90. The summed E-state index contributed by atoms with van der Waals surface area (Å²) in [6.07, 6.45) is 3.72. The molecule has 7 nitrogen and oxygen atoms in total. The number of aromatic nitrogens is 1. The molecule has 126 valence electrons. The number of carboxylic acids is 1. The van der Waals surface area contributed by atoms with Gasteiger partial charge in [-0.25, -0.2) is 13.4 Å². The molecule has 1 aromatic heterocycles. The molecule has 0 spiro atoms. The summed E-state index contributed by atoms with van der Waals surface area (Å²) in [5, 5.41) is 9.28. The fourth-order valence-corrected chi connectivity index (χ4v) is 4.58. The fraction of sp³-hybridized carbons (Fsp3) is 0.600. The second-order valence-corrected chi connectivity index (χ2v) is 8.44. The van der Waals surface area contributed by atoms with Crippen molar-refractivity contribution in [2.45, 2.75) is 31.1 Å². The smallest absolute Gasteiger partial charge is 0.311 e. The lowest BCUT2D eigenvalue weighted by molar-refractivity contribution is -0.146. The van der Waals surface area contributed by atoms with Gasteiger partial charge in [-0.3, -0.25) is 4.79 Å². The number of nitrogens with zero attached hydrogens (tertiary/aromatic N) is 3. The van der Waals surface area contributed by atoms with E-state index in [2.05, 4.69) is 4.98 Å². The number of pyridine rings is 1. The van der Waals surface area contributed by atoms with E-state index in [4.69, 9.17) is 0 Å². The number of hydrogen-bond acceptors (Lipinski definition) is 5. The van der Waals surface area contributed by atoms with Gasteiger partial charge in [0.25, 0.3) is 0 Å². The van der Waals surface area contributed by atoms with E-state index in [1.807, 2.05) is 4.90 Å².